The molecule has 1 aromatic heterocycles. The summed E-state index contributed by atoms with van der Waals surface area (Å²) in [6, 6.07) is 5.46. The average molecular weight is 220 g/mol. The highest BCUT2D eigenvalue weighted by molar-refractivity contribution is 5.99. The van der Waals surface area contributed by atoms with Gasteiger partial charge in [0, 0.05) is 12.1 Å². The van der Waals surface area contributed by atoms with Crippen LogP contribution in [0.4, 0.5) is 0 Å². The Kier molecular flexibility index (Phi) is 4.44. The Morgan fingerprint density at radius 3 is 2.69 bits per heavy atom. The maximum Gasteiger partial charge on any atom is 0.135 e. The summed E-state index contributed by atoms with van der Waals surface area (Å²) >= 11 is 0. The van der Waals surface area contributed by atoms with Gasteiger partial charge in [-0.2, -0.15) is 0 Å². The van der Waals surface area contributed by atoms with Gasteiger partial charge >= 0.3 is 0 Å². The standard InChI is InChI=1S/C9H10N4O.C2H6/c1-2-11-9(10)6-3-4-7-8(5-6)13-14-12-7;1-2/h3-5H,2H2,1H3,(H2,10,11);1-2H3. The Bertz CT molecular complexity index is 476. The molecule has 1 heterocycles. The zero-order valence-electron chi connectivity index (χ0n) is 9.77. The Hall–Kier alpha value is -1.91. The van der Waals surface area contributed by atoms with Gasteiger partial charge in [0.25, 0.3) is 0 Å². The molecule has 0 spiro atoms. The van der Waals surface area contributed by atoms with E-state index >= 15 is 0 Å². The van der Waals surface area contributed by atoms with Gasteiger partial charge in [0.05, 0.1) is 0 Å². The fraction of sp³-hybridized carbons (Fsp3) is 0.364. The normalized spacial score (nSPS) is 11.1. The highest BCUT2D eigenvalue weighted by atomic mass is 16.6. The molecular weight excluding hydrogens is 204 g/mol. The first-order valence-electron chi connectivity index (χ1n) is 5.34. The first kappa shape index (κ1) is 12.2. The van der Waals surface area contributed by atoms with Crippen LogP contribution in [0.25, 0.3) is 11.0 Å². The minimum atomic E-state index is 0.511. The third-order valence-corrected chi connectivity index (χ3v) is 1.88. The number of amidine groups is 1. The van der Waals surface area contributed by atoms with E-state index in [2.05, 4.69) is 19.9 Å². The van der Waals surface area contributed by atoms with E-state index in [0.717, 1.165) is 11.1 Å². The van der Waals surface area contributed by atoms with Crippen molar-refractivity contribution < 1.29 is 4.63 Å². The van der Waals surface area contributed by atoms with E-state index in [9.17, 15) is 0 Å². The minimum absolute atomic E-state index is 0.511. The summed E-state index contributed by atoms with van der Waals surface area (Å²) in [7, 11) is 0. The van der Waals surface area contributed by atoms with E-state index in [0.29, 0.717) is 17.9 Å². The van der Waals surface area contributed by atoms with Gasteiger partial charge in [-0.05, 0) is 35.4 Å². The van der Waals surface area contributed by atoms with Crippen LogP contribution >= 0.6 is 0 Å². The summed E-state index contributed by atoms with van der Waals surface area (Å²) < 4.78 is 4.58. The Labute approximate surface area is 94.3 Å². The molecular formula is C11H16N4O. The quantitative estimate of drug-likeness (QED) is 0.620. The van der Waals surface area contributed by atoms with E-state index in [1.807, 2.05) is 26.8 Å². The topological polar surface area (TPSA) is 77.3 Å². The molecule has 0 aliphatic rings. The van der Waals surface area contributed by atoms with Crippen molar-refractivity contribution in [3.63, 3.8) is 0 Å². The number of rotatable bonds is 2. The van der Waals surface area contributed by atoms with Crippen LogP contribution in [0.3, 0.4) is 0 Å². The Morgan fingerprint density at radius 1 is 1.31 bits per heavy atom. The van der Waals surface area contributed by atoms with Crippen LogP contribution in [-0.2, 0) is 0 Å². The average Bonchev–Trinajstić information content (AvgIpc) is 2.79. The van der Waals surface area contributed by atoms with E-state index < -0.39 is 0 Å². The zero-order chi connectivity index (χ0) is 12.0. The van der Waals surface area contributed by atoms with Gasteiger partial charge in [0.2, 0.25) is 0 Å². The lowest BCUT2D eigenvalue weighted by molar-refractivity contribution is 0.315. The van der Waals surface area contributed by atoms with Gasteiger partial charge in [-0.1, -0.05) is 13.8 Å². The molecule has 0 saturated carbocycles. The first-order valence-corrected chi connectivity index (χ1v) is 5.34. The number of fused-ring (bicyclic) bond motifs is 1. The molecule has 0 unspecified atom stereocenters. The second kappa shape index (κ2) is 5.85. The van der Waals surface area contributed by atoms with Gasteiger partial charge in [0.15, 0.2) is 0 Å². The summed E-state index contributed by atoms with van der Waals surface area (Å²) in [5.41, 5.74) is 7.99. The fourth-order valence-corrected chi connectivity index (χ4v) is 1.20. The second-order valence-corrected chi connectivity index (χ2v) is 2.83. The van der Waals surface area contributed by atoms with Gasteiger partial charge < -0.3 is 5.73 Å². The van der Waals surface area contributed by atoms with Gasteiger partial charge in [-0.15, -0.1) is 0 Å². The lowest BCUT2D eigenvalue weighted by atomic mass is 10.2. The smallest absolute Gasteiger partial charge is 0.135 e. The maximum atomic E-state index is 5.74. The van der Waals surface area contributed by atoms with Crippen molar-refractivity contribution >= 4 is 16.9 Å². The number of hydrogen-bond donors (Lipinski definition) is 1. The molecule has 5 heteroatoms. The molecule has 0 bridgehead atoms. The molecule has 2 rings (SSSR count). The number of benzene rings is 1. The summed E-state index contributed by atoms with van der Waals surface area (Å²) in [5, 5.41) is 7.42. The van der Waals surface area contributed by atoms with E-state index in [-0.39, 0.29) is 0 Å². The lowest BCUT2D eigenvalue weighted by Crippen LogP contribution is -2.13. The van der Waals surface area contributed by atoms with Crippen LogP contribution in [-0.4, -0.2) is 22.7 Å². The predicted molar refractivity (Wildman–Crippen MR) is 64.4 cm³/mol. The van der Waals surface area contributed by atoms with E-state index in [4.69, 9.17) is 5.73 Å². The number of hydrogen-bond acceptors (Lipinski definition) is 4. The molecule has 5 nitrogen and oxygen atoms in total. The summed E-state index contributed by atoms with van der Waals surface area (Å²) in [4.78, 5) is 4.10. The van der Waals surface area contributed by atoms with Gasteiger partial charge in [-0.25, -0.2) is 4.63 Å². The zero-order valence-corrected chi connectivity index (χ0v) is 9.77. The van der Waals surface area contributed by atoms with E-state index in [1.54, 1.807) is 12.1 Å². The Balaban J connectivity index is 0.000000606. The number of aliphatic imine (C=N–C) groups is 1. The van der Waals surface area contributed by atoms with Crippen molar-refractivity contribution in [2.75, 3.05) is 6.54 Å². The van der Waals surface area contributed by atoms with Crippen molar-refractivity contribution in [1.82, 2.24) is 10.3 Å². The number of nitrogens with two attached hydrogens (primary N) is 1. The number of nitrogens with zero attached hydrogens (tertiary/aromatic N) is 3. The fourth-order valence-electron chi connectivity index (χ4n) is 1.20. The van der Waals surface area contributed by atoms with Crippen molar-refractivity contribution in [2.45, 2.75) is 20.8 Å². The van der Waals surface area contributed by atoms with Crippen LogP contribution in [0, 0.1) is 0 Å². The highest BCUT2D eigenvalue weighted by Gasteiger charge is 2.03. The van der Waals surface area contributed by atoms with E-state index in [1.165, 1.54) is 0 Å². The molecule has 16 heavy (non-hydrogen) atoms. The maximum absolute atomic E-state index is 5.74. The van der Waals surface area contributed by atoms with Crippen molar-refractivity contribution in [3.05, 3.63) is 23.8 Å². The van der Waals surface area contributed by atoms with Gasteiger partial charge in [-0.3, -0.25) is 4.99 Å². The number of aromatic nitrogens is 2. The van der Waals surface area contributed by atoms with Crippen LogP contribution in [0.1, 0.15) is 26.3 Å². The van der Waals surface area contributed by atoms with Crippen LogP contribution in [0.15, 0.2) is 27.8 Å². The summed E-state index contributed by atoms with van der Waals surface area (Å²) in [5.74, 6) is 0.511. The molecule has 0 fully saturated rings. The van der Waals surface area contributed by atoms with Crippen molar-refractivity contribution in [1.29, 1.82) is 0 Å². The molecule has 0 saturated heterocycles. The SMILES string of the molecule is CC.CCN=C(N)c1ccc2nonc2c1. The van der Waals surface area contributed by atoms with Crippen LogP contribution in [0.5, 0.6) is 0 Å². The molecule has 0 aliphatic carbocycles. The lowest BCUT2D eigenvalue weighted by Gasteiger charge is -1.98. The molecule has 0 aliphatic heterocycles. The van der Waals surface area contributed by atoms with Crippen molar-refractivity contribution in [2.24, 2.45) is 10.7 Å². The molecule has 0 radical (unpaired) electrons. The molecule has 1 aromatic carbocycles. The van der Waals surface area contributed by atoms with Gasteiger partial charge in [0.1, 0.15) is 16.9 Å². The molecule has 2 aromatic rings. The summed E-state index contributed by atoms with van der Waals surface area (Å²) in [6.45, 7) is 6.60. The highest BCUT2D eigenvalue weighted by Crippen LogP contribution is 2.11. The monoisotopic (exact) mass is 220 g/mol. The summed E-state index contributed by atoms with van der Waals surface area (Å²) in [6.07, 6.45) is 0. The molecule has 86 valence electrons. The third-order valence-electron chi connectivity index (χ3n) is 1.88. The minimum Gasteiger partial charge on any atom is -0.384 e. The Morgan fingerprint density at radius 2 is 2.00 bits per heavy atom. The molecule has 2 N–H and O–H groups in total. The molecule has 0 atom stereocenters. The second-order valence-electron chi connectivity index (χ2n) is 2.83. The molecule has 0 amide bonds. The van der Waals surface area contributed by atoms with Crippen molar-refractivity contribution in [3.8, 4) is 0 Å². The first-order chi connectivity index (χ1) is 7.81. The largest absolute Gasteiger partial charge is 0.384 e. The van der Waals surface area contributed by atoms with Crippen LogP contribution in [0.2, 0.25) is 0 Å². The van der Waals surface area contributed by atoms with Crippen LogP contribution < -0.4 is 5.73 Å². The third kappa shape index (κ3) is 2.56. The predicted octanol–water partition coefficient (Wildman–Crippen LogP) is 1.97.